The number of H-pyrrole nitrogens is 1. The van der Waals surface area contributed by atoms with Crippen LogP contribution < -0.4 is 15.4 Å². The Bertz CT molecular complexity index is 1090. The lowest BCUT2D eigenvalue weighted by Crippen LogP contribution is -2.26. The average molecular weight is 367 g/mol. The number of hydrogen-bond donors (Lipinski definition) is 4. The molecular formula is C17H13N5O5. The normalized spacial score (nSPS) is 12.8. The van der Waals surface area contributed by atoms with Gasteiger partial charge in [0.15, 0.2) is 12.3 Å². The van der Waals surface area contributed by atoms with Gasteiger partial charge in [0, 0.05) is 12.7 Å². The molecule has 136 valence electrons. The standard InChI is InChI=1S/C17H13N5O5/c23-12-6-27-11-2-1-8(3-10(11)22-12)4-19-16(24)15-14-13(20-7-21-15)9(5-18-14)17(25)26/h1-3,5,7,18H,4,6H2,(H,19,24)(H,22,23)(H,25,26). The molecule has 2 aromatic heterocycles. The maximum Gasteiger partial charge on any atom is 0.339 e. The van der Waals surface area contributed by atoms with Crippen LogP contribution in [-0.2, 0) is 11.3 Å². The molecule has 1 aromatic carbocycles. The summed E-state index contributed by atoms with van der Waals surface area (Å²) in [5, 5.41) is 14.6. The van der Waals surface area contributed by atoms with Crippen molar-refractivity contribution in [2.45, 2.75) is 6.54 Å². The largest absolute Gasteiger partial charge is 0.482 e. The molecule has 27 heavy (non-hydrogen) atoms. The van der Waals surface area contributed by atoms with Crippen LogP contribution in [0, 0.1) is 0 Å². The Kier molecular flexibility index (Phi) is 3.92. The summed E-state index contributed by atoms with van der Waals surface area (Å²) in [6.07, 6.45) is 2.41. The number of benzene rings is 1. The highest BCUT2D eigenvalue weighted by molar-refractivity contribution is 6.08. The molecule has 0 unspecified atom stereocenters. The molecule has 10 heteroatoms. The average Bonchev–Trinajstić information content (AvgIpc) is 3.10. The Labute approximate surface area is 151 Å². The number of nitrogens with one attached hydrogen (secondary N) is 3. The van der Waals surface area contributed by atoms with E-state index in [4.69, 9.17) is 9.84 Å². The van der Waals surface area contributed by atoms with E-state index >= 15 is 0 Å². The fourth-order valence-electron chi connectivity index (χ4n) is 2.78. The number of ether oxygens (including phenoxy) is 1. The quantitative estimate of drug-likeness (QED) is 0.536. The van der Waals surface area contributed by atoms with Gasteiger partial charge >= 0.3 is 5.97 Å². The number of aromatic amines is 1. The Hall–Kier alpha value is -3.95. The highest BCUT2D eigenvalue weighted by Crippen LogP contribution is 2.28. The highest BCUT2D eigenvalue weighted by Gasteiger charge is 2.19. The van der Waals surface area contributed by atoms with Crippen molar-refractivity contribution in [1.82, 2.24) is 20.3 Å². The molecule has 2 amide bonds. The molecule has 0 spiro atoms. The summed E-state index contributed by atoms with van der Waals surface area (Å²) >= 11 is 0. The number of nitrogens with zero attached hydrogens (tertiary/aromatic N) is 2. The van der Waals surface area contributed by atoms with Crippen LogP contribution >= 0.6 is 0 Å². The molecule has 0 saturated carbocycles. The molecule has 0 atom stereocenters. The number of rotatable bonds is 4. The lowest BCUT2D eigenvalue weighted by atomic mass is 10.1. The van der Waals surface area contributed by atoms with Crippen molar-refractivity contribution >= 4 is 34.5 Å². The molecule has 0 fully saturated rings. The zero-order valence-corrected chi connectivity index (χ0v) is 13.8. The van der Waals surface area contributed by atoms with E-state index in [-0.39, 0.29) is 41.3 Å². The van der Waals surface area contributed by atoms with Crippen molar-refractivity contribution in [2.75, 3.05) is 11.9 Å². The van der Waals surface area contributed by atoms with Gasteiger partial charge in [-0.1, -0.05) is 6.07 Å². The third-order valence-electron chi connectivity index (χ3n) is 4.04. The van der Waals surface area contributed by atoms with Gasteiger partial charge in [-0.15, -0.1) is 0 Å². The minimum absolute atomic E-state index is 0.0265. The fourth-order valence-corrected chi connectivity index (χ4v) is 2.78. The first-order chi connectivity index (χ1) is 13.0. The third-order valence-corrected chi connectivity index (χ3v) is 4.04. The molecular weight excluding hydrogens is 354 g/mol. The lowest BCUT2D eigenvalue weighted by molar-refractivity contribution is -0.118. The van der Waals surface area contributed by atoms with E-state index in [2.05, 4.69) is 25.6 Å². The van der Waals surface area contributed by atoms with Gasteiger partial charge in [0.05, 0.1) is 11.2 Å². The molecule has 3 aromatic rings. The van der Waals surface area contributed by atoms with Crippen molar-refractivity contribution in [3.05, 3.63) is 47.5 Å². The number of carboxylic acids is 1. The van der Waals surface area contributed by atoms with Gasteiger partial charge in [0.2, 0.25) is 0 Å². The number of amides is 2. The second-order valence-corrected chi connectivity index (χ2v) is 5.80. The number of hydrogen-bond acceptors (Lipinski definition) is 6. The zero-order chi connectivity index (χ0) is 19.0. The molecule has 1 aliphatic heterocycles. The second kappa shape index (κ2) is 6.41. The summed E-state index contributed by atoms with van der Waals surface area (Å²) in [6, 6.07) is 5.19. The first-order valence-corrected chi connectivity index (χ1v) is 7.92. The van der Waals surface area contributed by atoms with Crippen LogP contribution in [0.3, 0.4) is 0 Å². The van der Waals surface area contributed by atoms with Crippen LogP contribution in [0.2, 0.25) is 0 Å². The Balaban J connectivity index is 1.54. The smallest absolute Gasteiger partial charge is 0.339 e. The summed E-state index contributed by atoms with van der Waals surface area (Å²) in [6.45, 7) is 0.154. The second-order valence-electron chi connectivity index (χ2n) is 5.80. The molecule has 4 N–H and O–H groups in total. The van der Waals surface area contributed by atoms with Crippen LogP contribution in [0.1, 0.15) is 26.4 Å². The summed E-state index contributed by atoms with van der Waals surface area (Å²) < 4.78 is 5.29. The molecule has 3 heterocycles. The number of aromatic carboxylic acids is 1. The van der Waals surface area contributed by atoms with Gasteiger partial charge in [-0.05, 0) is 17.7 Å². The predicted molar refractivity (Wildman–Crippen MR) is 92.6 cm³/mol. The molecule has 1 aliphatic rings. The van der Waals surface area contributed by atoms with Crippen LogP contribution in [0.4, 0.5) is 5.69 Å². The summed E-state index contributed by atoms with van der Waals surface area (Å²) in [4.78, 5) is 45.7. The zero-order valence-electron chi connectivity index (χ0n) is 13.8. The molecule has 4 rings (SSSR count). The van der Waals surface area contributed by atoms with Crippen LogP contribution in [0.5, 0.6) is 5.75 Å². The number of anilines is 1. The lowest BCUT2D eigenvalue weighted by Gasteiger charge is -2.18. The SMILES string of the molecule is O=C1COc2ccc(CNC(=O)c3ncnc4c(C(=O)O)c[nH]c34)cc2N1. The molecule has 10 nitrogen and oxygen atoms in total. The van der Waals surface area contributed by atoms with Crippen molar-refractivity contribution in [2.24, 2.45) is 0 Å². The highest BCUT2D eigenvalue weighted by atomic mass is 16.5. The van der Waals surface area contributed by atoms with E-state index in [1.54, 1.807) is 18.2 Å². The van der Waals surface area contributed by atoms with E-state index in [1.165, 1.54) is 6.20 Å². The monoisotopic (exact) mass is 367 g/mol. The Morgan fingerprint density at radius 3 is 2.96 bits per heavy atom. The van der Waals surface area contributed by atoms with Crippen molar-refractivity contribution in [3.8, 4) is 5.75 Å². The maximum atomic E-state index is 12.5. The van der Waals surface area contributed by atoms with Gasteiger partial charge in [0.25, 0.3) is 11.8 Å². The summed E-state index contributed by atoms with van der Waals surface area (Å²) in [7, 11) is 0. The third kappa shape index (κ3) is 3.03. The predicted octanol–water partition coefficient (Wildman–Crippen LogP) is 0.917. The van der Waals surface area contributed by atoms with E-state index in [1.807, 2.05) is 0 Å². The van der Waals surface area contributed by atoms with Crippen LogP contribution in [0.25, 0.3) is 11.0 Å². The molecule has 0 saturated heterocycles. The molecule has 0 aliphatic carbocycles. The topological polar surface area (TPSA) is 146 Å². The number of aromatic nitrogens is 3. The number of carbonyl (C=O) groups excluding carboxylic acids is 2. The van der Waals surface area contributed by atoms with Crippen molar-refractivity contribution in [1.29, 1.82) is 0 Å². The van der Waals surface area contributed by atoms with E-state index in [0.29, 0.717) is 11.4 Å². The number of carboxylic acid groups (broad SMARTS) is 1. The van der Waals surface area contributed by atoms with Gasteiger partial charge in [-0.25, -0.2) is 14.8 Å². The van der Waals surface area contributed by atoms with E-state index in [9.17, 15) is 14.4 Å². The summed E-state index contributed by atoms with van der Waals surface area (Å²) in [5.74, 6) is -1.31. The van der Waals surface area contributed by atoms with Gasteiger partial charge in [0.1, 0.15) is 23.2 Å². The van der Waals surface area contributed by atoms with Crippen LogP contribution in [-0.4, -0.2) is 44.4 Å². The maximum absolute atomic E-state index is 12.5. The van der Waals surface area contributed by atoms with Crippen molar-refractivity contribution < 1.29 is 24.2 Å². The van der Waals surface area contributed by atoms with E-state index in [0.717, 1.165) is 11.9 Å². The Morgan fingerprint density at radius 1 is 1.30 bits per heavy atom. The van der Waals surface area contributed by atoms with E-state index < -0.39 is 11.9 Å². The first-order valence-electron chi connectivity index (χ1n) is 7.92. The minimum Gasteiger partial charge on any atom is -0.482 e. The first kappa shape index (κ1) is 16.5. The van der Waals surface area contributed by atoms with Crippen molar-refractivity contribution in [3.63, 3.8) is 0 Å². The summed E-state index contributed by atoms with van der Waals surface area (Å²) in [5.41, 5.74) is 1.71. The Morgan fingerprint density at radius 2 is 2.15 bits per heavy atom. The van der Waals surface area contributed by atoms with Gasteiger partial charge in [-0.3, -0.25) is 9.59 Å². The number of carbonyl (C=O) groups is 3. The molecule has 0 radical (unpaired) electrons. The van der Waals surface area contributed by atoms with Crippen LogP contribution in [0.15, 0.2) is 30.7 Å². The molecule has 0 bridgehead atoms. The van der Waals surface area contributed by atoms with Gasteiger partial charge < -0.3 is 25.5 Å². The van der Waals surface area contributed by atoms with Gasteiger partial charge in [-0.2, -0.15) is 0 Å². The fraction of sp³-hybridized carbons (Fsp3) is 0.118. The number of fused-ring (bicyclic) bond motifs is 2. The minimum atomic E-state index is -1.15.